The van der Waals surface area contributed by atoms with Crippen molar-refractivity contribution in [3.63, 3.8) is 0 Å². The Kier molecular flexibility index (Phi) is 7.06. The van der Waals surface area contributed by atoms with Crippen molar-refractivity contribution in [3.8, 4) is 5.75 Å². The molecule has 0 aromatic heterocycles. The molecule has 0 radical (unpaired) electrons. The molecule has 1 heterocycles. The molecule has 1 aliphatic rings. The number of hydrogen-bond donors (Lipinski definition) is 1. The molecule has 0 saturated carbocycles. The summed E-state index contributed by atoms with van der Waals surface area (Å²) in [6.45, 7) is 4.47. The first kappa shape index (κ1) is 24.2. The molecule has 0 fully saturated rings. The van der Waals surface area contributed by atoms with Crippen molar-refractivity contribution in [3.05, 3.63) is 59.7 Å². The lowest BCUT2D eigenvalue weighted by atomic mass is 10.1. The molecule has 176 valence electrons. The van der Waals surface area contributed by atoms with Crippen LogP contribution in [0, 0.1) is 0 Å². The summed E-state index contributed by atoms with van der Waals surface area (Å²) in [7, 11) is -2.64. The molecule has 10 heteroatoms. The molecule has 2 aromatic carbocycles. The third-order valence-corrected chi connectivity index (χ3v) is 7.06. The van der Waals surface area contributed by atoms with Gasteiger partial charge in [-0.1, -0.05) is 24.3 Å². The molecule has 2 aromatic rings. The number of sulfonamides is 1. The van der Waals surface area contributed by atoms with Gasteiger partial charge in [0.05, 0.1) is 12.7 Å². The SMILES string of the molecule is COc1cccc(CN(C(=O)CN2C(=O)c3ccccc3S2(=O)=O)C(C)C(=O)NC(C)C)c1. The quantitative estimate of drug-likeness (QED) is 0.625. The van der Waals surface area contributed by atoms with E-state index in [1.807, 2.05) is 0 Å². The van der Waals surface area contributed by atoms with Crippen LogP contribution in [-0.2, 0) is 26.2 Å². The Morgan fingerprint density at radius 2 is 1.79 bits per heavy atom. The summed E-state index contributed by atoms with van der Waals surface area (Å²) in [5.74, 6) is -1.25. The predicted molar refractivity (Wildman–Crippen MR) is 121 cm³/mol. The highest BCUT2D eigenvalue weighted by Gasteiger charge is 2.43. The van der Waals surface area contributed by atoms with Crippen molar-refractivity contribution < 1.29 is 27.5 Å². The molecule has 1 unspecified atom stereocenters. The van der Waals surface area contributed by atoms with E-state index in [1.165, 1.54) is 30.2 Å². The third kappa shape index (κ3) is 5.00. The van der Waals surface area contributed by atoms with Gasteiger partial charge in [-0.3, -0.25) is 14.4 Å². The van der Waals surface area contributed by atoms with E-state index < -0.39 is 34.4 Å². The molecule has 3 amide bonds. The molecule has 1 N–H and O–H groups in total. The second-order valence-electron chi connectivity index (χ2n) is 8.03. The maximum atomic E-state index is 13.3. The van der Waals surface area contributed by atoms with Gasteiger partial charge in [0.15, 0.2) is 0 Å². The Labute approximate surface area is 193 Å². The highest BCUT2D eigenvalue weighted by atomic mass is 32.2. The van der Waals surface area contributed by atoms with Gasteiger partial charge in [-0.15, -0.1) is 0 Å². The van der Waals surface area contributed by atoms with Crippen molar-refractivity contribution in [1.82, 2.24) is 14.5 Å². The van der Waals surface area contributed by atoms with E-state index in [4.69, 9.17) is 4.74 Å². The fourth-order valence-corrected chi connectivity index (χ4v) is 5.07. The van der Waals surface area contributed by atoms with Crippen molar-refractivity contribution >= 4 is 27.7 Å². The average molecular weight is 474 g/mol. The smallest absolute Gasteiger partial charge is 0.269 e. The molecule has 33 heavy (non-hydrogen) atoms. The number of nitrogens with one attached hydrogen (secondary N) is 1. The number of carbonyl (C=O) groups excluding carboxylic acids is 3. The van der Waals surface area contributed by atoms with Crippen LogP contribution in [0.2, 0.25) is 0 Å². The van der Waals surface area contributed by atoms with Gasteiger partial charge in [0.1, 0.15) is 23.2 Å². The molecule has 0 bridgehead atoms. The van der Waals surface area contributed by atoms with E-state index in [9.17, 15) is 22.8 Å². The van der Waals surface area contributed by atoms with Gasteiger partial charge in [0.25, 0.3) is 15.9 Å². The van der Waals surface area contributed by atoms with E-state index in [0.717, 1.165) is 0 Å². The first-order chi connectivity index (χ1) is 15.6. The number of benzene rings is 2. The van der Waals surface area contributed by atoms with E-state index in [0.29, 0.717) is 15.6 Å². The molecule has 0 spiro atoms. The Bertz CT molecular complexity index is 1180. The third-order valence-electron chi connectivity index (χ3n) is 5.28. The highest BCUT2D eigenvalue weighted by molar-refractivity contribution is 7.90. The van der Waals surface area contributed by atoms with Gasteiger partial charge in [0.2, 0.25) is 11.8 Å². The van der Waals surface area contributed by atoms with Crippen LogP contribution in [0.4, 0.5) is 0 Å². The average Bonchev–Trinajstić information content (AvgIpc) is 2.97. The summed E-state index contributed by atoms with van der Waals surface area (Å²) in [6, 6.07) is 11.7. The first-order valence-corrected chi connectivity index (χ1v) is 11.9. The number of methoxy groups -OCH3 is 1. The molecule has 1 aliphatic heterocycles. The number of hydrogen-bond acceptors (Lipinski definition) is 6. The van der Waals surface area contributed by atoms with Crippen molar-refractivity contribution in [2.75, 3.05) is 13.7 Å². The minimum absolute atomic E-state index is 0.0234. The second kappa shape index (κ2) is 9.62. The van der Waals surface area contributed by atoms with Gasteiger partial charge in [-0.25, -0.2) is 12.7 Å². The van der Waals surface area contributed by atoms with E-state index in [2.05, 4.69) is 5.32 Å². The monoisotopic (exact) mass is 473 g/mol. The molecule has 0 saturated heterocycles. The standard InChI is InChI=1S/C23H27N3O6S/c1-15(2)24-22(28)16(3)25(13-17-8-7-9-18(12-17)32-4)21(27)14-26-23(29)19-10-5-6-11-20(19)33(26,30)31/h5-12,15-16H,13-14H2,1-4H3,(H,24,28). The zero-order valence-corrected chi connectivity index (χ0v) is 19.8. The van der Waals surface area contributed by atoms with Crippen LogP contribution >= 0.6 is 0 Å². The molecule has 0 aliphatic carbocycles. The number of rotatable bonds is 8. The topological polar surface area (TPSA) is 113 Å². The highest BCUT2D eigenvalue weighted by Crippen LogP contribution is 2.30. The summed E-state index contributed by atoms with van der Waals surface area (Å²) < 4.78 is 31.6. The summed E-state index contributed by atoms with van der Waals surface area (Å²) in [6.07, 6.45) is 0. The predicted octanol–water partition coefficient (Wildman–Crippen LogP) is 1.78. The molecular formula is C23H27N3O6S. The zero-order chi connectivity index (χ0) is 24.3. The molecule has 1 atom stereocenters. The van der Waals surface area contributed by atoms with Crippen molar-refractivity contribution in [1.29, 1.82) is 0 Å². The van der Waals surface area contributed by atoms with Gasteiger partial charge >= 0.3 is 0 Å². The Balaban J connectivity index is 1.90. The van der Waals surface area contributed by atoms with Crippen LogP contribution in [-0.4, -0.2) is 61.1 Å². The Morgan fingerprint density at radius 1 is 1.09 bits per heavy atom. The molecule has 3 rings (SSSR count). The van der Waals surface area contributed by atoms with E-state index in [1.54, 1.807) is 51.1 Å². The summed E-state index contributed by atoms with van der Waals surface area (Å²) in [4.78, 5) is 39.9. The maximum Gasteiger partial charge on any atom is 0.269 e. The normalized spacial score (nSPS) is 15.2. The van der Waals surface area contributed by atoms with Gasteiger partial charge in [-0.05, 0) is 50.6 Å². The van der Waals surface area contributed by atoms with Crippen molar-refractivity contribution in [2.45, 2.75) is 44.3 Å². The molecular weight excluding hydrogens is 446 g/mol. The van der Waals surface area contributed by atoms with Crippen LogP contribution < -0.4 is 10.1 Å². The fraction of sp³-hybridized carbons (Fsp3) is 0.348. The number of amides is 3. The summed E-state index contributed by atoms with van der Waals surface area (Å²) >= 11 is 0. The van der Waals surface area contributed by atoms with E-state index >= 15 is 0 Å². The van der Waals surface area contributed by atoms with E-state index in [-0.39, 0.29) is 29.0 Å². The number of nitrogens with zero attached hydrogens (tertiary/aromatic N) is 2. The minimum atomic E-state index is -4.16. The fourth-order valence-electron chi connectivity index (χ4n) is 3.56. The van der Waals surface area contributed by atoms with Gasteiger partial charge < -0.3 is 15.0 Å². The number of ether oxygens (including phenoxy) is 1. The second-order valence-corrected chi connectivity index (χ2v) is 9.86. The number of fused-ring (bicyclic) bond motifs is 1. The largest absolute Gasteiger partial charge is 0.497 e. The van der Waals surface area contributed by atoms with Gasteiger partial charge in [-0.2, -0.15) is 0 Å². The summed E-state index contributed by atoms with van der Waals surface area (Å²) in [5.41, 5.74) is 0.709. The molecule has 9 nitrogen and oxygen atoms in total. The van der Waals surface area contributed by atoms with Crippen LogP contribution in [0.25, 0.3) is 0 Å². The zero-order valence-electron chi connectivity index (χ0n) is 18.9. The number of carbonyl (C=O) groups is 3. The lowest BCUT2D eigenvalue weighted by Gasteiger charge is -2.30. The van der Waals surface area contributed by atoms with Crippen LogP contribution in [0.5, 0.6) is 5.75 Å². The Hall–Kier alpha value is -3.40. The van der Waals surface area contributed by atoms with Crippen LogP contribution in [0.1, 0.15) is 36.7 Å². The first-order valence-electron chi connectivity index (χ1n) is 10.4. The minimum Gasteiger partial charge on any atom is -0.497 e. The Morgan fingerprint density at radius 3 is 2.42 bits per heavy atom. The lowest BCUT2D eigenvalue weighted by Crippen LogP contribution is -2.52. The lowest BCUT2D eigenvalue weighted by molar-refractivity contribution is -0.140. The van der Waals surface area contributed by atoms with Crippen molar-refractivity contribution in [2.24, 2.45) is 0 Å². The van der Waals surface area contributed by atoms with Crippen LogP contribution in [0.15, 0.2) is 53.4 Å². The van der Waals surface area contributed by atoms with Crippen LogP contribution in [0.3, 0.4) is 0 Å². The van der Waals surface area contributed by atoms with Gasteiger partial charge in [0, 0.05) is 12.6 Å². The summed E-state index contributed by atoms with van der Waals surface area (Å²) in [5, 5.41) is 2.76. The maximum absolute atomic E-state index is 13.3.